The van der Waals surface area contributed by atoms with Gasteiger partial charge in [-0.15, -0.1) is 0 Å². The van der Waals surface area contributed by atoms with E-state index in [0.29, 0.717) is 5.25 Å². The van der Waals surface area contributed by atoms with Crippen LogP contribution in [0.4, 0.5) is 0 Å². The van der Waals surface area contributed by atoms with Gasteiger partial charge in [0.2, 0.25) is 0 Å². The minimum Gasteiger partial charge on any atom is -0.382 e. The Morgan fingerprint density at radius 2 is 2.45 bits per heavy atom. The Balaban J connectivity index is 2.10. The second-order valence-electron chi connectivity index (χ2n) is 2.83. The lowest BCUT2D eigenvalue weighted by molar-refractivity contribution is 0.144. The van der Waals surface area contributed by atoms with Crippen molar-refractivity contribution in [3.63, 3.8) is 0 Å². The summed E-state index contributed by atoms with van der Waals surface area (Å²) in [6.07, 6.45) is 3.27. The molecule has 0 aromatic carbocycles. The standard InChI is InChI=1S/C8H16O2S/c1-2-10-6-5-8-4-3-7-11(8)9/h8H,2-7H2,1H3. The zero-order chi connectivity index (χ0) is 8.10. The minimum atomic E-state index is -0.544. The van der Waals surface area contributed by atoms with Gasteiger partial charge in [0.15, 0.2) is 0 Å². The van der Waals surface area contributed by atoms with Gasteiger partial charge in [0, 0.05) is 35.0 Å². The molecule has 11 heavy (non-hydrogen) atoms. The van der Waals surface area contributed by atoms with Gasteiger partial charge in [0.05, 0.1) is 0 Å². The van der Waals surface area contributed by atoms with Crippen LogP contribution >= 0.6 is 0 Å². The molecule has 0 bridgehead atoms. The number of rotatable bonds is 4. The van der Waals surface area contributed by atoms with Crippen LogP contribution in [-0.4, -0.2) is 28.4 Å². The van der Waals surface area contributed by atoms with E-state index in [9.17, 15) is 4.21 Å². The van der Waals surface area contributed by atoms with Crippen molar-refractivity contribution in [2.45, 2.75) is 31.4 Å². The van der Waals surface area contributed by atoms with E-state index in [2.05, 4.69) is 0 Å². The minimum absolute atomic E-state index is 0.432. The first-order chi connectivity index (χ1) is 5.34. The molecule has 2 unspecified atom stereocenters. The van der Waals surface area contributed by atoms with Gasteiger partial charge in [-0.05, 0) is 26.2 Å². The molecule has 2 atom stereocenters. The van der Waals surface area contributed by atoms with Crippen LogP contribution in [0.1, 0.15) is 26.2 Å². The molecule has 0 amide bonds. The SMILES string of the molecule is CCOCCC1CCCS1=O. The molecule has 0 radical (unpaired) electrons. The van der Waals surface area contributed by atoms with Crippen LogP contribution in [0.15, 0.2) is 0 Å². The first-order valence-corrected chi connectivity index (χ1v) is 5.67. The molecule has 0 aromatic heterocycles. The second kappa shape index (κ2) is 4.88. The lowest BCUT2D eigenvalue weighted by Gasteiger charge is -2.06. The summed E-state index contributed by atoms with van der Waals surface area (Å²) >= 11 is 0. The molecule has 1 aliphatic rings. The molecular weight excluding hydrogens is 160 g/mol. The molecule has 2 nitrogen and oxygen atoms in total. The molecule has 0 N–H and O–H groups in total. The highest BCUT2D eigenvalue weighted by Crippen LogP contribution is 2.18. The Labute approximate surface area is 70.8 Å². The fraction of sp³-hybridized carbons (Fsp3) is 1.00. The van der Waals surface area contributed by atoms with Gasteiger partial charge >= 0.3 is 0 Å². The van der Waals surface area contributed by atoms with Crippen molar-refractivity contribution in [2.24, 2.45) is 0 Å². The van der Waals surface area contributed by atoms with E-state index in [-0.39, 0.29) is 0 Å². The third kappa shape index (κ3) is 2.91. The molecule has 1 aliphatic heterocycles. The van der Waals surface area contributed by atoms with E-state index in [1.54, 1.807) is 0 Å². The molecule has 1 fully saturated rings. The second-order valence-corrected chi connectivity index (χ2v) is 4.67. The van der Waals surface area contributed by atoms with Gasteiger partial charge in [-0.3, -0.25) is 4.21 Å². The topological polar surface area (TPSA) is 26.3 Å². The lowest BCUT2D eigenvalue weighted by atomic mass is 10.2. The van der Waals surface area contributed by atoms with Crippen LogP contribution in [0, 0.1) is 0 Å². The van der Waals surface area contributed by atoms with Gasteiger partial charge in [0.1, 0.15) is 0 Å². The van der Waals surface area contributed by atoms with Crippen molar-refractivity contribution in [3.05, 3.63) is 0 Å². The lowest BCUT2D eigenvalue weighted by Crippen LogP contribution is -2.12. The van der Waals surface area contributed by atoms with Crippen molar-refractivity contribution in [1.29, 1.82) is 0 Å². The Bertz CT molecular complexity index is 136. The van der Waals surface area contributed by atoms with Gasteiger partial charge in [-0.2, -0.15) is 0 Å². The molecule has 0 aliphatic carbocycles. The largest absolute Gasteiger partial charge is 0.382 e. The molecular formula is C8H16O2S. The maximum Gasteiger partial charge on any atom is 0.0477 e. The quantitative estimate of drug-likeness (QED) is 0.604. The molecule has 1 heterocycles. The predicted octanol–water partition coefficient (Wildman–Crippen LogP) is 1.32. The highest BCUT2D eigenvalue weighted by atomic mass is 32.2. The summed E-state index contributed by atoms with van der Waals surface area (Å²) in [4.78, 5) is 0. The average Bonchev–Trinajstić information content (AvgIpc) is 2.37. The van der Waals surface area contributed by atoms with Crippen LogP contribution in [0.2, 0.25) is 0 Å². The highest BCUT2D eigenvalue weighted by molar-refractivity contribution is 7.85. The molecule has 0 saturated carbocycles. The third-order valence-corrected chi connectivity index (χ3v) is 3.94. The van der Waals surface area contributed by atoms with E-state index in [0.717, 1.165) is 38.2 Å². The van der Waals surface area contributed by atoms with Gasteiger partial charge < -0.3 is 4.74 Å². The Morgan fingerprint density at radius 3 is 3.00 bits per heavy atom. The van der Waals surface area contributed by atoms with E-state index < -0.39 is 10.8 Å². The first-order valence-electron chi connectivity index (χ1n) is 4.29. The van der Waals surface area contributed by atoms with E-state index in [4.69, 9.17) is 4.74 Å². The Kier molecular flexibility index (Phi) is 4.08. The number of hydrogen-bond acceptors (Lipinski definition) is 2. The third-order valence-electron chi connectivity index (χ3n) is 2.03. The van der Waals surface area contributed by atoms with Crippen LogP contribution in [0.3, 0.4) is 0 Å². The fourth-order valence-corrected chi connectivity index (χ4v) is 2.96. The summed E-state index contributed by atoms with van der Waals surface area (Å²) in [5, 5.41) is 0.432. The van der Waals surface area contributed by atoms with E-state index in [1.807, 2.05) is 6.92 Å². The summed E-state index contributed by atoms with van der Waals surface area (Å²) in [7, 11) is -0.544. The summed E-state index contributed by atoms with van der Waals surface area (Å²) in [6.45, 7) is 3.55. The van der Waals surface area contributed by atoms with Gasteiger partial charge in [0.25, 0.3) is 0 Å². The molecule has 0 aromatic rings. The smallest absolute Gasteiger partial charge is 0.0477 e. The van der Waals surface area contributed by atoms with E-state index >= 15 is 0 Å². The maximum absolute atomic E-state index is 11.2. The molecule has 0 spiro atoms. The zero-order valence-electron chi connectivity index (χ0n) is 7.04. The average molecular weight is 176 g/mol. The van der Waals surface area contributed by atoms with Crippen LogP contribution < -0.4 is 0 Å². The molecule has 3 heteroatoms. The summed E-state index contributed by atoms with van der Waals surface area (Å²) in [5.74, 6) is 0.913. The van der Waals surface area contributed by atoms with E-state index in [1.165, 1.54) is 0 Å². The normalized spacial score (nSPS) is 31.0. The van der Waals surface area contributed by atoms with Crippen molar-refractivity contribution < 1.29 is 8.95 Å². The molecule has 66 valence electrons. The maximum atomic E-state index is 11.2. The van der Waals surface area contributed by atoms with Gasteiger partial charge in [-0.1, -0.05) is 0 Å². The first kappa shape index (κ1) is 9.20. The van der Waals surface area contributed by atoms with Crippen molar-refractivity contribution >= 4 is 10.8 Å². The zero-order valence-corrected chi connectivity index (χ0v) is 7.86. The summed E-state index contributed by atoms with van der Waals surface area (Å²) in [5.41, 5.74) is 0. The van der Waals surface area contributed by atoms with Crippen LogP contribution in [0.25, 0.3) is 0 Å². The summed E-state index contributed by atoms with van der Waals surface area (Å²) < 4.78 is 16.4. The monoisotopic (exact) mass is 176 g/mol. The van der Waals surface area contributed by atoms with Crippen molar-refractivity contribution in [1.82, 2.24) is 0 Å². The van der Waals surface area contributed by atoms with Gasteiger partial charge in [-0.25, -0.2) is 0 Å². The summed E-state index contributed by atoms with van der Waals surface area (Å²) in [6, 6.07) is 0. The fourth-order valence-electron chi connectivity index (χ4n) is 1.39. The Morgan fingerprint density at radius 1 is 1.64 bits per heavy atom. The van der Waals surface area contributed by atoms with Crippen LogP contribution in [0.5, 0.6) is 0 Å². The number of ether oxygens (including phenoxy) is 1. The molecule has 1 saturated heterocycles. The number of hydrogen-bond donors (Lipinski definition) is 0. The molecule has 1 rings (SSSR count). The van der Waals surface area contributed by atoms with Crippen molar-refractivity contribution in [2.75, 3.05) is 19.0 Å². The van der Waals surface area contributed by atoms with Crippen LogP contribution in [-0.2, 0) is 15.5 Å². The Hall–Kier alpha value is 0.110. The highest BCUT2D eigenvalue weighted by Gasteiger charge is 2.21. The predicted molar refractivity (Wildman–Crippen MR) is 47.1 cm³/mol. The van der Waals surface area contributed by atoms with Crippen molar-refractivity contribution in [3.8, 4) is 0 Å².